The summed E-state index contributed by atoms with van der Waals surface area (Å²) in [5.74, 6) is 0.810. The van der Waals surface area contributed by atoms with Gasteiger partial charge in [-0.1, -0.05) is 6.07 Å². The molecule has 1 saturated carbocycles. The van der Waals surface area contributed by atoms with E-state index in [9.17, 15) is 4.79 Å². The van der Waals surface area contributed by atoms with Gasteiger partial charge in [0.15, 0.2) is 6.10 Å². The van der Waals surface area contributed by atoms with E-state index in [0.717, 1.165) is 23.9 Å². The molecule has 1 aromatic rings. The van der Waals surface area contributed by atoms with Crippen LogP contribution in [0.25, 0.3) is 0 Å². The van der Waals surface area contributed by atoms with E-state index in [1.807, 2.05) is 13.1 Å². The van der Waals surface area contributed by atoms with Gasteiger partial charge >= 0.3 is 0 Å². The van der Waals surface area contributed by atoms with Gasteiger partial charge in [0.1, 0.15) is 5.75 Å². The molecule has 1 fully saturated rings. The zero-order valence-corrected chi connectivity index (χ0v) is 12.3. The maximum Gasteiger partial charge on any atom is 0.267 e. The lowest BCUT2D eigenvalue weighted by Gasteiger charge is -2.30. The van der Waals surface area contributed by atoms with E-state index in [0.29, 0.717) is 6.04 Å². The summed E-state index contributed by atoms with van der Waals surface area (Å²) in [4.78, 5) is 13.7. The van der Waals surface area contributed by atoms with Crippen LogP contribution in [0.2, 0.25) is 0 Å². The molecule has 1 amide bonds. The molecule has 0 spiro atoms. The van der Waals surface area contributed by atoms with Gasteiger partial charge in [0, 0.05) is 19.1 Å². The first-order valence-electron chi connectivity index (χ1n) is 7.38. The van der Waals surface area contributed by atoms with Crippen LogP contribution in [0.15, 0.2) is 18.2 Å². The minimum atomic E-state index is -0.395. The van der Waals surface area contributed by atoms with Crippen LogP contribution in [0, 0.1) is 0 Å². The van der Waals surface area contributed by atoms with Crippen molar-refractivity contribution in [3.8, 4) is 5.75 Å². The number of nitrogens with one attached hydrogen (secondary N) is 1. The van der Waals surface area contributed by atoms with Crippen LogP contribution in [0.1, 0.15) is 32.3 Å². The van der Waals surface area contributed by atoms with Crippen LogP contribution in [-0.4, -0.2) is 31.1 Å². The third-order valence-corrected chi connectivity index (χ3v) is 4.01. The fourth-order valence-corrected chi connectivity index (χ4v) is 2.75. The summed E-state index contributed by atoms with van der Waals surface area (Å²) in [6, 6.07) is 7.33. The van der Waals surface area contributed by atoms with Gasteiger partial charge in [-0.25, -0.2) is 0 Å². The second-order valence-electron chi connectivity index (χ2n) is 6.01. The molecule has 4 heteroatoms. The monoisotopic (exact) mass is 274 g/mol. The minimum Gasteiger partial charge on any atom is -0.479 e. The quantitative estimate of drug-likeness (QED) is 0.914. The number of rotatable bonds is 4. The molecule has 1 N–H and O–H groups in total. The van der Waals surface area contributed by atoms with Crippen molar-refractivity contribution < 1.29 is 9.53 Å². The molecule has 1 aromatic carbocycles. The maximum atomic E-state index is 12.0. The van der Waals surface area contributed by atoms with Gasteiger partial charge in [-0.05, 0) is 50.8 Å². The number of anilines is 1. The Bertz CT molecular complexity index is 525. The molecular weight excluding hydrogens is 252 g/mol. The molecule has 0 aromatic heterocycles. The average Bonchev–Trinajstić information content (AvgIpc) is 3.21. The van der Waals surface area contributed by atoms with E-state index in [-0.39, 0.29) is 5.91 Å². The van der Waals surface area contributed by atoms with E-state index >= 15 is 0 Å². The predicted octanol–water partition coefficient (Wildman–Crippen LogP) is 2.11. The smallest absolute Gasteiger partial charge is 0.267 e. The Morgan fingerprint density at radius 1 is 1.45 bits per heavy atom. The molecule has 3 rings (SSSR count). The number of likely N-dealkylation sites (N-methyl/N-ethyl adjacent to an activating group) is 1. The summed E-state index contributed by atoms with van der Waals surface area (Å²) in [7, 11) is 1.82. The van der Waals surface area contributed by atoms with Crippen LogP contribution < -0.4 is 15.0 Å². The highest BCUT2D eigenvalue weighted by atomic mass is 16.5. The van der Waals surface area contributed by atoms with Crippen molar-refractivity contribution in [2.45, 2.75) is 51.3 Å². The van der Waals surface area contributed by atoms with Crippen molar-refractivity contribution in [2.24, 2.45) is 0 Å². The van der Waals surface area contributed by atoms with Gasteiger partial charge in [0.05, 0.1) is 5.69 Å². The first-order valence-corrected chi connectivity index (χ1v) is 7.38. The lowest BCUT2D eigenvalue weighted by Crippen LogP contribution is -2.42. The second kappa shape index (κ2) is 5.09. The zero-order valence-electron chi connectivity index (χ0n) is 12.3. The van der Waals surface area contributed by atoms with Gasteiger partial charge in [-0.2, -0.15) is 0 Å². The fourth-order valence-electron chi connectivity index (χ4n) is 2.75. The lowest BCUT2D eigenvalue weighted by molar-refractivity contribution is -0.125. The van der Waals surface area contributed by atoms with Crippen molar-refractivity contribution in [1.82, 2.24) is 5.32 Å². The summed E-state index contributed by atoms with van der Waals surface area (Å²) in [6.07, 6.45) is 3.19. The summed E-state index contributed by atoms with van der Waals surface area (Å²) in [5, 5.41) is 3.60. The van der Waals surface area contributed by atoms with E-state index in [1.165, 1.54) is 18.4 Å². The van der Waals surface area contributed by atoms with E-state index in [4.69, 9.17) is 4.74 Å². The number of hydrogen-bond acceptors (Lipinski definition) is 3. The number of benzene rings is 1. The van der Waals surface area contributed by atoms with Gasteiger partial charge in [-0.15, -0.1) is 0 Å². The lowest BCUT2D eigenvalue weighted by atomic mass is 10.0. The molecule has 4 nitrogen and oxygen atoms in total. The van der Waals surface area contributed by atoms with Crippen molar-refractivity contribution in [2.75, 3.05) is 11.9 Å². The second-order valence-corrected chi connectivity index (χ2v) is 6.01. The Kier molecular flexibility index (Phi) is 3.42. The van der Waals surface area contributed by atoms with Crippen LogP contribution in [0.3, 0.4) is 0 Å². The predicted molar refractivity (Wildman–Crippen MR) is 79.3 cm³/mol. The summed E-state index contributed by atoms with van der Waals surface area (Å²) in [5.41, 5.74) is 2.12. The molecular formula is C16H22N2O2. The number of carbonyl (C=O) groups is 1. The molecule has 20 heavy (non-hydrogen) atoms. The van der Waals surface area contributed by atoms with E-state index < -0.39 is 6.10 Å². The molecule has 1 aliphatic carbocycles. The van der Waals surface area contributed by atoms with Gasteiger partial charge in [-0.3, -0.25) is 4.79 Å². The number of carbonyl (C=O) groups excluding carboxylic acids is 1. The number of hydrogen-bond donors (Lipinski definition) is 1. The van der Waals surface area contributed by atoms with Crippen LogP contribution in [-0.2, 0) is 11.2 Å². The standard InChI is InChI=1S/C16H22N2O2/c1-10(17-13-5-6-13)8-12-4-7-15-14(9-12)18(3)16(19)11(2)20-15/h4,7,9-11,13,17H,5-6,8H2,1-3H3. The largest absolute Gasteiger partial charge is 0.479 e. The highest BCUT2D eigenvalue weighted by Crippen LogP contribution is 2.34. The third-order valence-electron chi connectivity index (χ3n) is 4.01. The third kappa shape index (κ3) is 2.66. The van der Waals surface area contributed by atoms with Crippen LogP contribution in [0.5, 0.6) is 5.75 Å². The number of nitrogens with zero attached hydrogens (tertiary/aromatic N) is 1. The highest BCUT2D eigenvalue weighted by Gasteiger charge is 2.29. The van der Waals surface area contributed by atoms with E-state index in [1.54, 1.807) is 11.8 Å². The van der Waals surface area contributed by atoms with Gasteiger partial charge in [0.25, 0.3) is 5.91 Å². The molecule has 0 radical (unpaired) electrons. The zero-order chi connectivity index (χ0) is 14.3. The van der Waals surface area contributed by atoms with Crippen LogP contribution in [0.4, 0.5) is 5.69 Å². The van der Waals surface area contributed by atoms with Crippen LogP contribution >= 0.6 is 0 Å². The molecule has 1 aliphatic heterocycles. The molecule has 2 atom stereocenters. The van der Waals surface area contributed by atoms with Crippen molar-refractivity contribution in [3.63, 3.8) is 0 Å². The topological polar surface area (TPSA) is 41.6 Å². The summed E-state index contributed by atoms with van der Waals surface area (Å²) in [6.45, 7) is 4.00. The SMILES string of the molecule is CC(Cc1ccc2c(c1)N(C)C(=O)C(C)O2)NC1CC1. The normalized spacial score (nSPS) is 23.2. The maximum absolute atomic E-state index is 12.0. The number of ether oxygens (including phenoxy) is 1. The van der Waals surface area contributed by atoms with E-state index in [2.05, 4.69) is 24.4 Å². The van der Waals surface area contributed by atoms with Crippen molar-refractivity contribution in [3.05, 3.63) is 23.8 Å². The van der Waals surface area contributed by atoms with Gasteiger partial charge < -0.3 is 15.0 Å². The molecule has 0 bridgehead atoms. The van der Waals surface area contributed by atoms with Crippen molar-refractivity contribution in [1.29, 1.82) is 0 Å². The molecule has 1 heterocycles. The molecule has 2 aliphatic rings. The highest BCUT2D eigenvalue weighted by molar-refractivity contribution is 5.99. The molecule has 2 unspecified atom stereocenters. The average molecular weight is 274 g/mol. The summed E-state index contributed by atoms with van der Waals surface area (Å²) >= 11 is 0. The van der Waals surface area contributed by atoms with Gasteiger partial charge in [0.2, 0.25) is 0 Å². The first kappa shape index (κ1) is 13.4. The van der Waals surface area contributed by atoms with Crippen molar-refractivity contribution >= 4 is 11.6 Å². The Hall–Kier alpha value is -1.55. The first-order chi connectivity index (χ1) is 9.54. The Morgan fingerprint density at radius 2 is 2.20 bits per heavy atom. The summed E-state index contributed by atoms with van der Waals surface area (Å²) < 4.78 is 5.64. The minimum absolute atomic E-state index is 0.0128. The Balaban J connectivity index is 1.76. The Labute approximate surface area is 120 Å². The molecule has 108 valence electrons. The Morgan fingerprint density at radius 3 is 2.90 bits per heavy atom. The molecule has 0 saturated heterocycles. The fraction of sp³-hybridized carbons (Fsp3) is 0.562. The number of fused-ring (bicyclic) bond motifs is 1. The number of amides is 1.